The smallest absolute Gasteiger partial charge is 0.146 e. The number of rotatable bonds is 4. The number of nitrogens with zero attached hydrogens (tertiary/aromatic N) is 1. The Morgan fingerprint density at radius 2 is 1.62 bits per heavy atom. The summed E-state index contributed by atoms with van der Waals surface area (Å²) in [6.07, 6.45) is -0.674. The monoisotopic (exact) mass is 307 g/mol. The molecule has 2 aromatic rings. The molecule has 0 aliphatic carbocycles. The van der Waals surface area contributed by atoms with Crippen LogP contribution < -0.4 is 4.90 Å². The average Bonchev–Trinajstić information content (AvgIpc) is 2.46. The summed E-state index contributed by atoms with van der Waals surface area (Å²) in [6, 6.07) is 12.4. The number of hydrogen-bond donors (Lipinski definition) is 1. The Morgan fingerprint density at radius 1 is 1.05 bits per heavy atom. The Morgan fingerprint density at radius 3 is 2.14 bits per heavy atom. The van der Waals surface area contributed by atoms with E-state index in [1.54, 1.807) is 19.1 Å². The molecule has 4 heteroatoms. The zero-order valence-corrected chi connectivity index (χ0v) is 13.1. The van der Waals surface area contributed by atoms with Gasteiger partial charge in [0.1, 0.15) is 5.82 Å². The van der Waals surface area contributed by atoms with E-state index in [9.17, 15) is 9.50 Å². The molecule has 0 saturated carbocycles. The van der Waals surface area contributed by atoms with Crippen molar-refractivity contribution in [2.24, 2.45) is 0 Å². The summed E-state index contributed by atoms with van der Waals surface area (Å²) in [5, 5.41) is 10.2. The summed E-state index contributed by atoms with van der Waals surface area (Å²) in [7, 11) is 1.85. The summed E-state index contributed by atoms with van der Waals surface area (Å²) in [4.78, 5) is 1.87. The van der Waals surface area contributed by atoms with Crippen molar-refractivity contribution in [3.8, 4) is 0 Å². The van der Waals surface area contributed by atoms with Crippen LogP contribution >= 0.6 is 11.6 Å². The molecule has 2 nitrogen and oxygen atoms in total. The van der Waals surface area contributed by atoms with Gasteiger partial charge in [0.2, 0.25) is 0 Å². The molecule has 0 spiro atoms. The first-order valence-electron chi connectivity index (χ1n) is 6.86. The third-order valence-corrected chi connectivity index (χ3v) is 4.02. The molecule has 2 atom stereocenters. The van der Waals surface area contributed by atoms with E-state index < -0.39 is 6.10 Å². The fourth-order valence-corrected chi connectivity index (χ4v) is 2.37. The van der Waals surface area contributed by atoms with Gasteiger partial charge in [-0.05, 0) is 49.2 Å². The number of aliphatic hydroxyl groups excluding tert-OH is 1. The molecular weight excluding hydrogens is 289 g/mol. The SMILES string of the molecule is CC(O)c1ccc(N(C)C(C)c2ccc(Cl)cc2)c(F)c1. The van der Waals surface area contributed by atoms with E-state index in [-0.39, 0.29) is 11.9 Å². The molecule has 2 unspecified atom stereocenters. The van der Waals surface area contributed by atoms with Gasteiger partial charge in [0.25, 0.3) is 0 Å². The predicted octanol–water partition coefficient (Wildman–Crippen LogP) is 4.73. The summed E-state index contributed by atoms with van der Waals surface area (Å²) in [6.45, 7) is 3.62. The molecule has 0 aliphatic rings. The lowest BCUT2D eigenvalue weighted by molar-refractivity contribution is 0.199. The molecule has 21 heavy (non-hydrogen) atoms. The van der Waals surface area contributed by atoms with Crippen LogP contribution in [-0.2, 0) is 0 Å². The van der Waals surface area contributed by atoms with Gasteiger partial charge in [0.15, 0.2) is 0 Å². The molecule has 0 saturated heterocycles. The standard InChI is InChI=1S/C17H19ClFNO/c1-11(13-4-7-15(18)8-5-13)20(3)17-9-6-14(12(2)21)10-16(17)19/h4-12,21H,1-3H3. The highest BCUT2D eigenvalue weighted by Gasteiger charge is 2.16. The minimum Gasteiger partial charge on any atom is -0.389 e. The number of benzene rings is 2. The topological polar surface area (TPSA) is 23.5 Å². The second-order valence-corrected chi connectivity index (χ2v) is 5.66. The number of hydrogen-bond acceptors (Lipinski definition) is 2. The highest BCUT2D eigenvalue weighted by atomic mass is 35.5. The molecule has 2 aromatic carbocycles. The molecule has 112 valence electrons. The van der Waals surface area contributed by atoms with Gasteiger partial charge in [-0.15, -0.1) is 0 Å². The summed E-state index contributed by atoms with van der Waals surface area (Å²) in [5.41, 5.74) is 2.13. The van der Waals surface area contributed by atoms with Crippen LogP contribution in [0.25, 0.3) is 0 Å². The van der Waals surface area contributed by atoms with E-state index in [1.807, 2.05) is 43.1 Å². The van der Waals surface area contributed by atoms with E-state index in [4.69, 9.17) is 11.6 Å². The fourth-order valence-electron chi connectivity index (χ4n) is 2.24. The molecule has 0 aliphatic heterocycles. The average molecular weight is 308 g/mol. The van der Waals surface area contributed by atoms with Crippen molar-refractivity contribution >= 4 is 17.3 Å². The van der Waals surface area contributed by atoms with Crippen molar-refractivity contribution in [2.75, 3.05) is 11.9 Å². The van der Waals surface area contributed by atoms with Gasteiger partial charge in [0.05, 0.1) is 17.8 Å². The Bertz CT molecular complexity index is 613. The lowest BCUT2D eigenvalue weighted by atomic mass is 10.1. The van der Waals surface area contributed by atoms with Gasteiger partial charge in [-0.1, -0.05) is 29.8 Å². The van der Waals surface area contributed by atoms with Crippen molar-refractivity contribution < 1.29 is 9.50 Å². The summed E-state index contributed by atoms with van der Waals surface area (Å²) < 4.78 is 14.2. The molecule has 2 rings (SSSR count). The maximum absolute atomic E-state index is 14.2. The lowest BCUT2D eigenvalue weighted by Gasteiger charge is -2.28. The van der Waals surface area contributed by atoms with E-state index in [1.165, 1.54) is 6.07 Å². The van der Waals surface area contributed by atoms with Crippen LogP contribution in [0.3, 0.4) is 0 Å². The highest BCUT2D eigenvalue weighted by molar-refractivity contribution is 6.30. The minimum absolute atomic E-state index is 0.00849. The van der Waals surface area contributed by atoms with Crippen LogP contribution in [0.2, 0.25) is 5.02 Å². The Kier molecular flexibility index (Phi) is 4.86. The number of aliphatic hydroxyl groups is 1. The van der Waals surface area contributed by atoms with Crippen LogP contribution in [0.5, 0.6) is 0 Å². The fraction of sp³-hybridized carbons (Fsp3) is 0.294. The summed E-state index contributed by atoms with van der Waals surface area (Å²) in [5.74, 6) is -0.336. The van der Waals surface area contributed by atoms with Gasteiger partial charge < -0.3 is 10.0 Å². The van der Waals surface area contributed by atoms with E-state index in [0.29, 0.717) is 16.3 Å². The molecule has 0 bridgehead atoms. The molecule has 0 amide bonds. The van der Waals surface area contributed by atoms with Crippen molar-refractivity contribution in [1.29, 1.82) is 0 Å². The van der Waals surface area contributed by atoms with Gasteiger partial charge in [-0.3, -0.25) is 0 Å². The quantitative estimate of drug-likeness (QED) is 0.882. The van der Waals surface area contributed by atoms with Crippen LogP contribution in [0, 0.1) is 5.82 Å². The normalized spacial score (nSPS) is 13.8. The Labute approximate surface area is 129 Å². The first-order valence-corrected chi connectivity index (χ1v) is 7.23. The van der Waals surface area contributed by atoms with E-state index in [2.05, 4.69) is 0 Å². The zero-order chi connectivity index (χ0) is 15.6. The largest absolute Gasteiger partial charge is 0.389 e. The zero-order valence-electron chi connectivity index (χ0n) is 12.3. The van der Waals surface area contributed by atoms with Crippen LogP contribution in [0.4, 0.5) is 10.1 Å². The van der Waals surface area contributed by atoms with Crippen molar-refractivity contribution in [2.45, 2.75) is 26.0 Å². The van der Waals surface area contributed by atoms with Crippen LogP contribution in [0.15, 0.2) is 42.5 Å². The molecule has 0 heterocycles. The van der Waals surface area contributed by atoms with E-state index in [0.717, 1.165) is 5.56 Å². The number of anilines is 1. The third-order valence-electron chi connectivity index (χ3n) is 3.77. The van der Waals surface area contributed by atoms with Crippen molar-refractivity contribution in [3.63, 3.8) is 0 Å². The van der Waals surface area contributed by atoms with Crippen LogP contribution in [-0.4, -0.2) is 12.2 Å². The van der Waals surface area contributed by atoms with Crippen molar-refractivity contribution in [1.82, 2.24) is 0 Å². The maximum Gasteiger partial charge on any atom is 0.146 e. The number of halogens is 2. The second-order valence-electron chi connectivity index (χ2n) is 5.23. The molecule has 1 N–H and O–H groups in total. The van der Waals surface area contributed by atoms with Crippen LogP contribution in [0.1, 0.15) is 37.1 Å². The minimum atomic E-state index is -0.674. The van der Waals surface area contributed by atoms with E-state index >= 15 is 0 Å². The second kappa shape index (κ2) is 6.46. The van der Waals surface area contributed by atoms with Gasteiger partial charge in [-0.2, -0.15) is 0 Å². The lowest BCUT2D eigenvalue weighted by Crippen LogP contribution is -2.22. The third kappa shape index (κ3) is 3.55. The van der Waals surface area contributed by atoms with Crippen molar-refractivity contribution in [3.05, 3.63) is 64.4 Å². The highest BCUT2D eigenvalue weighted by Crippen LogP contribution is 2.29. The predicted molar refractivity (Wildman–Crippen MR) is 85.3 cm³/mol. The molecule has 0 fully saturated rings. The van der Waals surface area contributed by atoms with Gasteiger partial charge in [-0.25, -0.2) is 4.39 Å². The molecule has 0 radical (unpaired) electrons. The summed E-state index contributed by atoms with van der Waals surface area (Å²) >= 11 is 5.89. The first kappa shape index (κ1) is 15.8. The van der Waals surface area contributed by atoms with Gasteiger partial charge in [0, 0.05) is 12.1 Å². The maximum atomic E-state index is 14.2. The Hall–Kier alpha value is -1.58. The first-order chi connectivity index (χ1) is 9.90. The molecule has 0 aromatic heterocycles. The Balaban J connectivity index is 2.26. The molecular formula is C17H19ClFNO. The van der Waals surface area contributed by atoms with Gasteiger partial charge >= 0.3 is 0 Å².